The van der Waals surface area contributed by atoms with Crippen LogP contribution in [0.25, 0.3) is 6.08 Å². The summed E-state index contributed by atoms with van der Waals surface area (Å²) in [5, 5.41) is 9.78. The molecule has 0 aliphatic rings. The summed E-state index contributed by atoms with van der Waals surface area (Å²) in [7, 11) is 0. The van der Waals surface area contributed by atoms with Gasteiger partial charge in [0.1, 0.15) is 0 Å². The van der Waals surface area contributed by atoms with Crippen LogP contribution in [0.3, 0.4) is 0 Å². The molecule has 0 fully saturated rings. The first kappa shape index (κ1) is 9.64. The van der Waals surface area contributed by atoms with E-state index in [2.05, 4.69) is 9.97 Å². The van der Waals surface area contributed by atoms with Crippen molar-refractivity contribution in [1.29, 1.82) is 0 Å². The van der Waals surface area contributed by atoms with E-state index >= 15 is 0 Å². The predicted octanol–water partition coefficient (Wildman–Crippen LogP) is 1.08. The Morgan fingerprint density at radius 1 is 1.73 bits per heavy atom. The second-order valence-electron chi connectivity index (χ2n) is 1.61. The fourth-order valence-electron chi connectivity index (χ4n) is 0.499. The Hall–Kier alpha value is -1.36. The van der Waals surface area contributed by atoms with Crippen molar-refractivity contribution in [3.8, 4) is 0 Å². The molecule has 6 heteroatoms. The Balaban J connectivity index is 0.000001000. The number of hydrogen-bond donors (Lipinski definition) is 1. The van der Waals surface area contributed by atoms with Crippen molar-refractivity contribution in [3.05, 3.63) is 34.5 Å². The van der Waals surface area contributed by atoms with Crippen molar-refractivity contribution in [2.24, 2.45) is 0 Å². The van der Waals surface area contributed by atoms with Crippen molar-refractivity contribution < 1.29 is 4.92 Å². The summed E-state index contributed by atoms with van der Waals surface area (Å²) >= 11 is 0. The van der Waals surface area contributed by atoms with Gasteiger partial charge in [-0.15, -0.1) is 12.4 Å². The average Bonchev–Trinajstić information content (AvgIpc) is 2.34. The number of imidazole rings is 1. The molecule has 1 rings (SSSR count). The molecule has 0 atom stereocenters. The number of hydrogen-bond acceptors (Lipinski definition) is 3. The minimum absolute atomic E-state index is 0. The number of rotatable bonds is 2. The Bertz CT molecular complexity index is 244. The van der Waals surface area contributed by atoms with Crippen LogP contribution in [0.5, 0.6) is 0 Å². The first-order valence-electron chi connectivity index (χ1n) is 2.59. The van der Waals surface area contributed by atoms with Gasteiger partial charge in [0.25, 0.3) is 0 Å². The van der Waals surface area contributed by atoms with Crippen LogP contribution >= 0.6 is 12.4 Å². The topological polar surface area (TPSA) is 71.8 Å². The van der Waals surface area contributed by atoms with Gasteiger partial charge in [0, 0.05) is 6.08 Å². The summed E-state index contributed by atoms with van der Waals surface area (Å²) < 4.78 is 0. The van der Waals surface area contributed by atoms with Gasteiger partial charge < -0.3 is 4.98 Å². The molecule has 60 valence electrons. The molecule has 1 N–H and O–H groups in total. The van der Waals surface area contributed by atoms with E-state index in [9.17, 15) is 10.1 Å². The van der Waals surface area contributed by atoms with Gasteiger partial charge in [0.2, 0.25) is 6.20 Å². The number of H-pyrrole nitrogens is 1. The molecule has 0 aliphatic carbocycles. The standard InChI is InChI=1S/C5H5N3O2.ClH/c9-8(10)2-1-5-3-6-4-7-5;/h1-4H,(H,6,7);1H. The molecule has 0 aromatic carbocycles. The highest BCUT2D eigenvalue weighted by molar-refractivity contribution is 5.85. The van der Waals surface area contributed by atoms with Crippen LogP contribution in [0.1, 0.15) is 5.69 Å². The van der Waals surface area contributed by atoms with Crippen molar-refractivity contribution in [2.45, 2.75) is 0 Å². The van der Waals surface area contributed by atoms with Gasteiger partial charge in [-0.05, 0) is 0 Å². The Labute approximate surface area is 68.7 Å². The van der Waals surface area contributed by atoms with Crippen molar-refractivity contribution in [1.82, 2.24) is 9.97 Å². The lowest BCUT2D eigenvalue weighted by Gasteiger charge is -1.77. The maximum atomic E-state index is 9.78. The third-order valence-electron chi connectivity index (χ3n) is 0.895. The second-order valence-corrected chi connectivity index (χ2v) is 1.61. The number of halogens is 1. The average molecular weight is 176 g/mol. The summed E-state index contributed by atoms with van der Waals surface area (Å²) in [5.41, 5.74) is 0.622. The predicted molar refractivity (Wildman–Crippen MR) is 41.9 cm³/mol. The van der Waals surface area contributed by atoms with Gasteiger partial charge in [0.15, 0.2) is 0 Å². The van der Waals surface area contributed by atoms with Crippen molar-refractivity contribution in [2.75, 3.05) is 0 Å². The normalized spacial score (nSPS) is 9.45. The quantitative estimate of drug-likeness (QED) is 0.540. The maximum Gasteiger partial charge on any atom is 0.236 e. The summed E-state index contributed by atoms with van der Waals surface area (Å²) in [6.07, 6.45) is 5.15. The van der Waals surface area contributed by atoms with Crippen LogP contribution in [0, 0.1) is 10.1 Å². The van der Waals surface area contributed by atoms with E-state index in [1.807, 2.05) is 0 Å². The van der Waals surface area contributed by atoms with Gasteiger partial charge in [0.05, 0.1) is 23.1 Å². The number of nitro groups is 1. The number of nitrogens with one attached hydrogen (secondary N) is 1. The fraction of sp³-hybridized carbons (Fsp3) is 0. The molecule has 0 saturated heterocycles. The van der Waals surface area contributed by atoms with Crippen LogP contribution in [0.4, 0.5) is 0 Å². The molecule has 1 aromatic heterocycles. The molecule has 0 bridgehead atoms. The molecule has 0 amide bonds. The maximum absolute atomic E-state index is 9.78. The highest BCUT2D eigenvalue weighted by atomic mass is 35.5. The zero-order chi connectivity index (χ0) is 7.40. The SMILES string of the molecule is Cl.O=[N+]([O-])C=Cc1cnc[nH]1. The lowest BCUT2D eigenvalue weighted by molar-refractivity contribution is -0.401. The summed E-state index contributed by atoms with van der Waals surface area (Å²) in [5.74, 6) is 0. The van der Waals surface area contributed by atoms with E-state index in [0.717, 1.165) is 6.20 Å². The molecule has 1 aromatic rings. The number of aromatic amines is 1. The van der Waals surface area contributed by atoms with Gasteiger partial charge in [-0.1, -0.05) is 0 Å². The molecule has 0 saturated carbocycles. The van der Waals surface area contributed by atoms with Crippen LogP contribution < -0.4 is 0 Å². The number of nitrogens with zero attached hydrogens (tertiary/aromatic N) is 2. The number of aromatic nitrogens is 2. The molecule has 0 unspecified atom stereocenters. The van der Waals surface area contributed by atoms with Gasteiger partial charge >= 0.3 is 0 Å². The molecule has 1 heterocycles. The monoisotopic (exact) mass is 175 g/mol. The Morgan fingerprint density at radius 2 is 2.45 bits per heavy atom. The van der Waals surface area contributed by atoms with E-state index in [-0.39, 0.29) is 12.4 Å². The fourth-order valence-corrected chi connectivity index (χ4v) is 0.499. The smallest absolute Gasteiger partial charge is 0.236 e. The first-order valence-corrected chi connectivity index (χ1v) is 2.59. The zero-order valence-corrected chi connectivity index (χ0v) is 6.25. The van der Waals surface area contributed by atoms with E-state index in [1.165, 1.54) is 18.6 Å². The lowest BCUT2D eigenvalue weighted by Crippen LogP contribution is -1.81. The Morgan fingerprint density at radius 3 is 2.91 bits per heavy atom. The van der Waals surface area contributed by atoms with Crippen LogP contribution in [-0.4, -0.2) is 14.9 Å². The largest absolute Gasteiger partial charge is 0.345 e. The molecule has 5 nitrogen and oxygen atoms in total. The molecule has 0 spiro atoms. The highest BCUT2D eigenvalue weighted by Crippen LogP contribution is 1.92. The molecule has 11 heavy (non-hydrogen) atoms. The molecule has 0 aliphatic heterocycles. The minimum atomic E-state index is -0.527. The van der Waals surface area contributed by atoms with E-state index in [4.69, 9.17) is 0 Å². The molecular weight excluding hydrogens is 170 g/mol. The van der Waals surface area contributed by atoms with E-state index in [1.54, 1.807) is 0 Å². The van der Waals surface area contributed by atoms with E-state index < -0.39 is 4.92 Å². The summed E-state index contributed by atoms with van der Waals surface area (Å²) in [6.45, 7) is 0. The third kappa shape index (κ3) is 3.36. The minimum Gasteiger partial charge on any atom is -0.345 e. The van der Waals surface area contributed by atoms with Crippen LogP contribution in [-0.2, 0) is 0 Å². The van der Waals surface area contributed by atoms with Crippen molar-refractivity contribution in [3.63, 3.8) is 0 Å². The zero-order valence-electron chi connectivity index (χ0n) is 5.43. The van der Waals surface area contributed by atoms with Gasteiger partial charge in [-0.25, -0.2) is 4.98 Å². The first-order chi connectivity index (χ1) is 4.79. The third-order valence-corrected chi connectivity index (χ3v) is 0.895. The van der Waals surface area contributed by atoms with Crippen molar-refractivity contribution >= 4 is 18.5 Å². The van der Waals surface area contributed by atoms with Crippen LogP contribution in [0.2, 0.25) is 0 Å². The highest BCUT2D eigenvalue weighted by Gasteiger charge is 1.88. The lowest BCUT2D eigenvalue weighted by atomic mass is 10.5. The van der Waals surface area contributed by atoms with Gasteiger partial charge in [-0.2, -0.15) is 0 Å². The summed E-state index contributed by atoms with van der Waals surface area (Å²) in [4.78, 5) is 15.6. The molecule has 0 radical (unpaired) electrons. The molecular formula is C5H6ClN3O2. The second kappa shape index (κ2) is 4.45. The van der Waals surface area contributed by atoms with Gasteiger partial charge in [-0.3, -0.25) is 10.1 Å². The Kier molecular flexibility index (Phi) is 3.90. The summed E-state index contributed by atoms with van der Waals surface area (Å²) in [6, 6.07) is 0. The van der Waals surface area contributed by atoms with E-state index in [0.29, 0.717) is 5.69 Å². The van der Waals surface area contributed by atoms with Crippen LogP contribution in [0.15, 0.2) is 18.7 Å².